The van der Waals surface area contributed by atoms with E-state index in [1.807, 2.05) is 30.3 Å². The summed E-state index contributed by atoms with van der Waals surface area (Å²) < 4.78 is 24.4. The van der Waals surface area contributed by atoms with E-state index in [9.17, 15) is 4.39 Å². The molecule has 5 nitrogen and oxygen atoms in total. The molecule has 0 aliphatic carbocycles. The van der Waals surface area contributed by atoms with Gasteiger partial charge in [-0.3, -0.25) is 4.99 Å². The quantitative estimate of drug-likeness (QED) is 0.383. The SMILES string of the molecule is COc1ccc(NC(N)=NCC2(c3cccc(F)c3)CCOCC2)cc1.I. The number of ether oxygens (including phenoxy) is 2. The van der Waals surface area contributed by atoms with Gasteiger partial charge in [-0.05, 0) is 54.8 Å². The van der Waals surface area contributed by atoms with Crippen LogP contribution in [-0.4, -0.2) is 32.8 Å². The molecule has 0 aromatic heterocycles. The molecule has 7 heteroatoms. The van der Waals surface area contributed by atoms with Crippen molar-refractivity contribution in [3.8, 4) is 5.75 Å². The number of aliphatic imine (C=N–C) groups is 1. The summed E-state index contributed by atoms with van der Waals surface area (Å²) in [5.41, 5.74) is 7.58. The van der Waals surface area contributed by atoms with Crippen LogP contribution in [0.25, 0.3) is 0 Å². The highest BCUT2D eigenvalue weighted by molar-refractivity contribution is 14.0. The Morgan fingerprint density at radius 3 is 2.56 bits per heavy atom. The Balaban J connectivity index is 0.00000261. The fraction of sp³-hybridized carbons (Fsp3) is 0.350. The third-order valence-corrected chi connectivity index (χ3v) is 4.80. The van der Waals surface area contributed by atoms with Crippen molar-refractivity contribution in [1.29, 1.82) is 0 Å². The zero-order valence-electron chi connectivity index (χ0n) is 15.3. The van der Waals surface area contributed by atoms with Crippen molar-refractivity contribution in [2.45, 2.75) is 18.3 Å². The van der Waals surface area contributed by atoms with E-state index in [1.165, 1.54) is 6.07 Å². The summed E-state index contributed by atoms with van der Waals surface area (Å²) >= 11 is 0. The Hall–Kier alpha value is -1.87. The van der Waals surface area contributed by atoms with Crippen molar-refractivity contribution < 1.29 is 13.9 Å². The molecule has 0 saturated carbocycles. The second kappa shape index (κ2) is 9.89. The Morgan fingerprint density at radius 2 is 1.93 bits per heavy atom. The van der Waals surface area contributed by atoms with Crippen molar-refractivity contribution in [2.24, 2.45) is 10.7 Å². The maximum absolute atomic E-state index is 13.7. The number of nitrogens with one attached hydrogen (secondary N) is 1. The van der Waals surface area contributed by atoms with Crippen molar-refractivity contribution in [3.05, 3.63) is 59.9 Å². The van der Waals surface area contributed by atoms with E-state index in [4.69, 9.17) is 15.2 Å². The molecule has 27 heavy (non-hydrogen) atoms. The lowest BCUT2D eigenvalue weighted by Crippen LogP contribution is -2.38. The molecule has 3 rings (SSSR count). The molecule has 1 aliphatic heterocycles. The maximum Gasteiger partial charge on any atom is 0.193 e. The van der Waals surface area contributed by atoms with Gasteiger partial charge >= 0.3 is 0 Å². The van der Waals surface area contributed by atoms with Crippen molar-refractivity contribution in [2.75, 3.05) is 32.2 Å². The lowest BCUT2D eigenvalue weighted by Gasteiger charge is -2.36. The first-order valence-corrected chi connectivity index (χ1v) is 8.66. The third-order valence-electron chi connectivity index (χ3n) is 4.80. The standard InChI is InChI=1S/C20H24FN3O2.HI/c1-25-18-7-5-17(6-8-18)24-19(22)23-14-20(9-11-26-12-10-20)15-3-2-4-16(21)13-15;/h2-8,13H,9-12,14H2,1H3,(H3,22,23,24);1H. The van der Waals surface area contributed by atoms with E-state index in [2.05, 4.69) is 10.3 Å². The molecule has 1 heterocycles. The van der Waals surface area contributed by atoms with Gasteiger partial charge in [0.05, 0.1) is 13.7 Å². The minimum absolute atomic E-state index is 0. The Labute approximate surface area is 176 Å². The van der Waals surface area contributed by atoms with Gasteiger partial charge in [-0.25, -0.2) is 4.39 Å². The first kappa shape index (κ1) is 21.4. The Kier molecular flexibility index (Phi) is 7.85. The topological polar surface area (TPSA) is 68.9 Å². The molecule has 0 radical (unpaired) electrons. The molecule has 3 N–H and O–H groups in total. The van der Waals surface area contributed by atoms with Gasteiger partial charge in [0, 0.05) is 24.3 Å². The van der Waals surface area contributed by atoms with Crippen molar-refractivity contribution in [1.82, 2.24) is 0 Å². The van der Waals surface area contributed by atoms with Crippen LogP contribution < -0.4 is 15.8 Å². The molecule has 1 saturated heterocycles. The molecule has 0 spiro atoms. The number of nitrogens with two attached hydrogens (primary N) is 1. The van der Waals surface area contributed by atoms with Crippen LogP contribution in [0, 0.1) is 5.82 Å². The molecule has 0 unspecified atom stereocenters. The van der Waals surface area contributed by atoms with E-state index < -0.39 is 0 Å². The molecule has 0 atom stereocenters. The average molecular weight is 485 g/mol. The Bertz CT molecular complexity index is 762. The highest BCUT2D eigenvalue weighted by Gasteiger charge is 2.34. The van der Waals surface area contributed by atoms with Crippen LogP contribution in [0.2, 0.25) is 0 Å². The maximum atomic E-state index is 13.7. The van der Waals surface area contributed by atoms with E-state index in [0.29, 0.717) is 25.7 Å². The first-order chi connectivity index (χ1) is 12.6. The molecular weight excluding hydrogens is 460 g/mol. The number of anilines is 1. The fourth-order valence-electron chi connectivity index (χ4n) is 3.22. The van der Waals surface area contributed by atoms with E-state index in [1.54, 1.807) is 19.2 Å². The van der Waals surface area contributed by atoms with Gasteiger partial charge in [0.15, 0.2) is 5.96 Å². The zero-order chi connectivity index (χ0) is 18.4. The molecule has 2 aromatic carbocycles. The van der Waals surface area contributed by atoms with Crippen LogP contribution in [0.4, 0.5) is 10.1 Å². The highest BCUT2D eigenvalue weighted by Crippen LogP contribution is 2.35. The Morgan fingerprint density at radius 1 is 1.22 bits per heavy atom. The predicted molar refractivity (Wildman–Crippen MR) is 117 cm³/mol. The summed E-state index contributed by atoms with van der Waals surface area (Å²) in [4.78, 5) is 4.54. The number of nitrogens with zero attached hydrogens (tertiary/aromatic N) is 1. The second-order valence-electron chi connectivity index (χ2n) is 6.46. The third kappa shape index (κ3) is 5.55. The van der Waals surface area contributed by atoms with Gasteiger partial charge in [0.1, 0.15) is 11.6 Å². The number of benzene rings is 2. The minimum Gasteiger partial charge on any atom is -0.497 e. The molecule has 146 valence electrons. The number of rotatable bonds is 5. The summed E-state index contributed by atoms with van der Waals surface area (Å²) in [5, 5.41) is 3.08. The number of halogens is 2. The smallest absolute Gasteiger partial charge is 0.193 e. The molecule has 1 fully saturated rings. The van der Waals surface area contributed by atoms with E-state index in [0.717, 1.165) is 29.8 Å². The number of hydrogen-bond donors (Lipinski definition) is 2. The monoisotopic (exact) mass is 485 g/mol. The zero-order valence-corrected chi connectivity index (χ0v) is 17.6. The fourth-order valence-corrected chi connectivity index (χ4v) is 3.22. The summed E-state index contributed by atoms with van der Waals surface area (Å²) in [6.07, 6.45) is 1.57. The summed E-state index contributed by atoms with van der Waals surface area (Å²) in [5.74, 6) is 0.873. The summed E-state index contributed by atoms with van der Waals surface area (Å²) in [7, 11) is 1.62. The average Bonchev–Trinajstić information content (AvgIpc) is 2.68. The summed E-state index contributed by atoms with van der Waals surface area (Å²) in [6.45, 7) is 1.75. The highest BCUT2D eigenvalue weighted by atomic mass is 127. The first-order valence-electron chi connectivity index (χ1n) is 8.66. The molecule has 2 aromatic rings. The van der Waals surface area contributed by atoms with Gasteiger partial charge in [0.25, 0.3) is 0 Å². The number of guanidine groups is 1. The van der Waals surface area contributed by atoms with Crippen molar-refractivity contribution >= 4 is 35.6 Å². The lowest BCUT2D eigenvalue weighted by molar-refractivity contribution is 0.0530. The van der Waals surface area contributed by atoms with Gasteiger partial charge in [-0.1, -0.05) is 12.1 Å². The number of methoxy groups -OCH3 is 1. The van der Waals surface area contributed by atoms with Crippen molar-refractivity contribution in [3.63, 3.8) is 0 Å². The predicted octanol–water partition coefficient (Wildman–Crippen LogP) is 3.93. The van der Waals surface area contributed by atoms with Gasteiger partial charge < -0.3 is 20.5 Å². The van der Waals surface area contributed by atoms with E-state index in [-0.39, 0.29) is 35.2 Å². The normalized spacial score (nSPS) is 16.3. The molecular formula is C20H25FIN3O2. The molecule has 1 aliphatic rings. The van der Waals surface area contributed by atoms with Crippen LogP contribution in [0.1, 0.15) is 18.4 Å². The van der Waals surface area contributed by atoms with Crippen LogP contribution in [0.5, 0.6) is 5.75 Å². The van der Waals surface area contributed by atoms with Crippen LogP contribution in [0.15, 0.2) is 53.5 Å². The van der Waals surface area contributed by atoms with Gasteiger partial charge in [0.2, 0.25) is 0 Å². The van der Waals surface area contributed by atoms with Gasteiger partial charge in [-0.15, -0.1) is 24.0 Å². The van der Waals surface area contributed by atoms with Crippen LogP contribution in [-0.2, 0) is 10.2 Å². The minimum atomic E-state index is -0.257. The van der Waals surface area contributed by atoms with Crippen LogP contribution >= 0.6 is 24.0 Å². The largest absolute Gasteiger partial charge is 0.497 e. The lowest BCUT2D eigenvalue weighted by atomic mass is 9.74. The van der Waals surface area contributed by atoms with Crippen LogP contribution in [0.3, 0.4) is 0 Å². The molecule has 0 amide bonds. The molecule has 0 bridgehead atoms. The number of hydrogen-bond acceptors (Lipinski definition) is 3. The second-order valence-corrected chi connectivity index (χ2v) is 6.46. The van der Waals surface area contributed by atoms with E-state index >= 15 is 0 Å². The van der Waals surface area contributed by atoms with Gasteiger partial charge in [-0.2, -0.15) is 0 Å². The summed E-state index contributed by atoms with van der Waals surface area (Å²) in [6, 6.07) is 14.2.